The van der Waals surface area contributed by atoms with E-state index in [-0.39, 0.29) is 42.8 Å². The number of fused-ring (bicyclic) bond motifs is 2. The van der Waals surface area contributed by atoms with Crippen molar-refractivity contribution < 1.29 is 33.3 Å². The van der Waals surface area contributed by atoms with Crippen LogP contribution in [-0.4, -0.2) is 39.8 Å². The molecule has 0 saturated heterocycles. The molecule has 6 rings (SSSR count). The minimum absolute atomic E-state index is 0.0596. The SMILES string of the molecule is C[C@@]12Oc3cc(-c4cccnc4)oc(=O)c3C(O)C1C[C@@H](OC(=O)Cc1ccc(C#N)cc1)C[C@H]2OC(=O)Cc1ccc(C#N)cc1. The van der Waals surface area contributed by atoms with E-state index in [1.165, 1.54) is 12.3 Å². The number of aliphatic hydroxyl groups is 1. The summed E-state index contributed by atoms with van der Waals surface area (Å²) in [6.45, 7) is 1.71. The van der Waals surface area contributed by atoms with Gasteiger partial charge in [0.05, 0.1) is 42.2 Å². The van der Waals surface area contributed by atoms with E-state index in [0.29, 0.717) is 27.8 Å². The summed E-state index contributed by atoms with van der Waals surface area (Å²) >= 11 is 0. The highest BCUT2D eigenvalue weighted by Crippen LogP contribution is 2.51. The highest BCUT2D eigenvalue weighted by molar-refractivity contribution is 5.74. The van der Waals surface area contributed by atoms with E-state index < -0.39 is 47.4 Å². The molecule has 236 valence electrons. The standard InChI is InChI=1S/C36H29N3O8/c1-36-27(34(42)33-29(47-36)17-28(45-35(33)43)25-3-2-12-39-20-25)15-26(44-31(40)13-21-4-8-23(18-37)9-5-21)16-30(36)46-32(41)14-22-6-10-24(19-38)11-7-22/h2-12,17,20,26-27,30,34,42H,13-16H2,1H3/t26-,27?,30-,34?,36-/m1/s1. The zero-order valence-corrected chi connectivity index (χ0v) is 25.3. The van der Waals surface area contributed by atoms with Crippen LogP contribution < -0.4 is 10.4 Å². The molecule has 1 aliphatic carbocycles. The van der Waals surface area contributed by atoms with Gasteiger partial charge in [0.15, 0.2) is 0 Å². The van der Waals surface area contributed by atoms with E-state index in [1.54, 1.807) is 73.8 Å². The predicted octanol–water partition coefficient (Wildman–Crippen LogP) is 4.35. The first kappa shape index (κ1) is 31.2. The third-order valence-electron chi connectivity index (χ3n) is 8.71. The maximum Gasteiger partial charge on any atom is 0.345 e. The second-order valence-electron chi connectivity index (χ2n) is 11.8. The molecule has 5 atom stereocenters. The Labute approximate surface area is 269 Å². The molecule has 0 spiro atoms. The molecule has 47 heavy (non-hydrogen) atoms. The van der Waals surface area contributed by atoms with Gasteiger partial charge in [-0.2, -0.15) is 10.5 Å². The Balaban J connectivity index is 1.29. The molecule has 2 unspecified atom stereocenters. The molecular weight excluding hydrogens is 602 g/mol. The molecule has 0 radical (unpaired) electrons. The van der Waals surface area contributed by atoms with Crippen LogP contribution >= 0.6 is 0 Å². The molecule has 1 aliphatic heterocycles. The minimum Gasteiger partial charge on any atom is -0.482 e. The number of carbonyl (C=O) groups is 2. The van der Waals surface area contributed by atoms with Crippen molar-refractivity contribution in [2.45, 2.75) is 56.5 Å². The number of carbonyl (C=O) groups excluding carboxylic acids is 2. The fourth-order valence-corrected chi connectivity index (χ4v) is 6.25. The second kappa shape index (κ2) is 12.9. The van der Waals surface area contributed by atoms with Crippen molar-refractivity contribution in [3.8, 4) is 29.2 Å². The van der Waals surface area contributed by atoms with Crippen molar-refractivity contribution in [1.82, 2.24) is 4.98 Å². The monoisotopic (exact) mass is 631 g/mol. The van der Waals surface area contributed by atoms with Crippen LogP contribution in [0.15, 0.2) is 88.3 Å². The number of aliphatic hydroxyl groups excluding tert-OH is 1. The van der Waals surface area contributed by atoms with E-state index in [9.17, 15) is 19.5 Å². The summed E-state index contributed by atoms with van der Waals surface area (Å²) in [6, 6.07) is 22.1. The van der Waals surface area contributed by atoms with Crippen LogP contribution in [0.5, 0.6) is 5.75 Å². The van der Waals surface area contributed by atoms with Crippen molar-refractivity contribution in [2.75, 3.05) is 0 Å². The number of aromatic nitrogens is 1. The molecular formula is C36H29N3O8. The topological polar surface area (TPSA) is 173 Å². The van der Waals surface area contributed by atoms with Gasteiger partial charge < -0.3 is 23.7 Å². The Morgan fingerprint density at radius 3 is 2.15 bits per heavy atom. The van der Waals surface area contributed by atoms with Crippen LogP contribution in [0.3, 0.4) is 0 Å². The fourth-order valence-electron chi connectivity index (χ4n) is 6.25. The number of hydrogen-bond donors (Lipinski definition) is 1. The summed E-state index contributed by atoms with van der Waals surface area (Å²) in [7, 11) is 0. The number of benzene rings is 2. The van der Waals surface area contributed by atoms with Gasteiger partial charge in [0.25, 0.3) is 0 Å². The number of nitrogens with zero attached hydrogens (tertiary/aromatic N) is 3. The van der Waals surface area contributed by atoms with Gasteiger partial charge in [-0.3, -0.25) is 14.6 Å². The number of pyridine rings is 1. The normalized spacial score (nSPS) is 22.7. The molecule has 0 bridgehead atoms. The van der Waals surface area contributed by atoms with Crippen LogP contribution in [0.25, 0.3) is 11.3 Å². The smallest absolute Gasteiger partial charge is 0.345 e. The zero-order chi connectivity index (χ0) is 33.1. The Morgan fingerprint density at radius 1 is 0.957 bits per heavy atom. The Morgan fingerprint density at radius 2 is 1.57 bits per heavy atom. The first-order valence-electron chi connectivity index (χ1n) is 15.0. The first-order valence-corrected chi connectivity index (χ1v) is 15.0. The van der Waals surface area contributed by atoms with E-state index in [1.807, 2.05) is 12.1 Å². The summed E-state index contributed by atoms with van der Waals surface area (Å²) < 4.78 is 23.9. The molecule has 1 N–H and O–H groups in total. The van der Waals surface area contributed by atoms with Crippen molar-refractivity contribution >= 4 is 11.9 Å². The molecule has 2 aromatic carbocycles. The molecule has 1 saturated carbocycles. The van der Waals surface area contributed by atoms with E-state index in [4.69, 9.17) is 29.2 Å². The number of rotatable bonds is 7. The highest BCUT2D eigenvalue weighted by Gasteiger charge is 2.58. The largest absolute Gasteiger partial charge is 0.482 e. The first-order chi connectivity index (χ1) is 22.7. The van der Waals surface area contributed by atoms with Crippen molar-refractivity contribution in [3.63, 3.8) is 0 Å². The lowest BCUT2D eigenvalue weighted by atomic mass is 9.67. The average molecular weight is 632 g/mol. The maximum absolute atomic E-state index is 13.3. The Hall–Kier alpha value is -5.78. The number of hydrogen-bond acceptors (Lipinski definition) is 11. The van der Waals surface area contributed by atoms with Gasteiger partial charge in [0.2, 0.25) is 0 Å². The van der Waals surface area contributed by atoms with Crippen LogP contribution in [0.4, 0.5) is 0 Å². The van der Waals surface area contributed by atoms with Crippen molar-refractivity contribution in [3.05, 3.63) is 117 Å². The maximum atomic E-state index is 13.3. The molecule has 0 amide bonds. The van der Waals surface area contributed by atoms with E-state index in [0.717, 1.165) is 0 Å². The lowest BCUT2D eigenvalue weighted by Crippen LogP contribution is -2.62. The molecule has 2 aromatic heterocycles. The summed E-state index contributed by atoms with van der Waals surface area (Å²) in [4.78, 5) is 43.6. The lowest BCUT2D eigenvalue weighted by molar-refractivity contribution is -0.204. The number of nitriles is 2. The third-order valence-corrected chi connectivity index (χ3v) is 8.71. The molecule has 3 heterocycles. The minimum atomic E-state index is -1.39. The van der Waals surface area contributed by atoms with Gasteiger partial charge in [-0.1, -0.05) is 24.3 Å². The fraction of sp³-hybridized carbons (Fsp3) is 0.278. The van der Waals surface area contributed by atoms with E-state index >= 15 is 0 Å². The van der Waals surface area contributed by atoms with Crippen LogP contribution in [0.2, 0.25) is 0 Å². The predicted molar refractivity (Wildman–Crippen MR) is 164 cm³/mol. The number of ether oxygens (including phenoxy) is 3. The quantitative estimate of drug-likeness (QED) is 0.287. The van der Waals surface area contributed by atoms with Gasteiger partial charge in [-0.05, 0) is 60.9 Å². The summed E-state index contributed by atoms with van der Waals surface area (Å²) in [5.41, 5.74) is 0.543. The number of esters is 2. The van der Waals surface area contributed by atoms with Crippen molar-refractivity contribution in [1.29, 1.82) is 10.5 Å². The van der Waals surface area contributed by atoms with Crippen LogP contribution in [0, 0.1) is 28.6 Å². The molecule has 11 heteroatoms. The van der Waals surface area contributed by atoms with Gasteiger partial charge in [-0.15, -0.1) is 0 Å². The average Bonchev–Trinajstić information content (AvgIpc) is 3.06. The van der Waals surface area contributed by atoms with Crippen LogP contribution in [0.1, 0.15) is 53.7 Å². The molecule has 2 aliphatic rings. The zero-order valence-electron chi connectivity index (χ0n) is 25.3. The second-order valence-corrected chi connectivity index (χ2v) is 11.8. The third kappa shape index (κ3) is 6.48. The lowest BCUT2D eigenvalue weighted by Gasteiger charge is -2.52. The van der Waals surface area contributed by atoms with Gasteiger partial charge >= 0.3 is 17.6 Å². The summed E-state index contributed by atoms with van der Waals surface area (Å²) in [5.74, 6) is -1.67. The molecule has 11 nitrogen and oxygen atoms in total. The molecule has 4 aromatic rings. The summed E-state index contributed by atoms with van der Waals surface area (Å²) in [6.07, 6.45) is -0.0190. The van der Waals surface area contributed by atoms with Gasteiger partial charge in [-0.25, -0.2) is 4.79 Å². The molecule has 1 fully saturated rings. The van der Waals surface area contributed by atoms with Gasteiger partial charge in [0.1, 0.15) is 34.9 Å². The Bertz CT molecular complexity index is 1940. The van der Waals surface area contributed by atoms with E-state index in [2.05, 4.69) is 4.98 Å². The highest BCUT2D eigenvalue weighted by atomic mass is 16.6. The van der Waals surface area contributed by atoms with Crippen LogP contribution in [-0.2, 0) is 31.9 Å². The van der Waals surface area contributed by atoms with Crippen molar-refractivity contribution in [2.24, 2.45) is 5.92 Å². The van der Waals surface area contributed by atoms with Gasteiger partial charge in [0, 0.05) is 36.4 Å². The Kier molecular flexibility index (Phi) is 8.57. The summed E-state index contributed by atoms with van der Waals surface area (Å²) in [5, 5.41) is 29.8.